The van der Waals surface area contributed by atoms with Gasteiger partial charge in [0.15, 0.2) is 23.0 Å². The van der Waals surface area contributed by atoms with Gasteiger partial charge in [-0.1, -0.05) is 18.2 Å². The minimum absolute atomic E-state index is 0.0794. The molecule has 3 aromatic rings. The molecule has 1 saturated heterocycles. The summed E-state index contributed by atoms with van der Waals surface area (Å²) in [7, 11) is 4.45. The SMILES string of the molecule is COc1cc(C2/C(=C(\O)c3ccc4c(c3)OCCO4)C(=O)C(=O)N2c2ccccc2C)cc(OC)c1OC. The van der Waals surface area contributed by atoms with Gasteiger partial charge in [-0.3, -0.25) is 14.5 Å². The maximum atomic E-state index is 13.6. The predicted octanol–water partition coefficient (Wildman–Crippen LogP) is 4.42. The molecule has 2 aliphatic heterocycles. The average Bonchev–Trinajstić information content (AvgIpc) is 3.21. The molecule has 1 unspecified atom stereocenters. The van der Waals surface area contributed by atoms with E-state index in [1.165, 1.54) is 26.2 Å². The fourth-order valence-corrected chi connectivity index (χ4v) is 4.84. The molecular formula is C29H27NO8. The highest BCUT2D eigenvalue weighted by Crippen LogP contribution is 2.48. The number of ether oxygens (including phenoxy) is 5. The highest BCUT2D eigenvalue weighted by Gasteiger charge is 2.48. The van der Waals surface area contributed by atoms with Crippen molar-refractivity contribution < 1.29 is 38.4 Å². The number of aliphatic hydroxyl groups is 1. The number of aryl methyl sites for hydroxylation is 1. The van der Waals surface area contributed by atoms with E-state index in [1.54, 1.807) is 42.5 Å². The molecule has 9 heteroatoms. The summed E-state index contributed by atoms with van der Waals surface area (Å²) in [5, 5.41) is 11.5. The van der Waals surface area contributed by atoms with Crippen LogP contribution < -0.4 is 28.6 Å². The number of hydrogen-bond acceptors (Lipinski definition) is 8. The van der Waals surface area contributed by atoms with Gasteiger partial charge in [0.2, 0.25) is 5.75 Å². The van der Waals surface area contributed by atoms with Crippen molar-refractivity contribution in [2.24, 2.45) is 0 Å². The summed E-state index contributed by atoms with van der Waals surface area (Å²) >= 11 is 0. The number of para-hydroxylation sites is 1. The number of amides is 1. The summed E-state index contributed by atoms with van der Waals surface area (Å²) in [5.41, 5.74) is 2.04. The minimum Gasteiger partial charge on any atom is -0.507 e. The van der Waals surface area contributed by atoms with Crippen LogP contribution in [0.15, 0.2) is 60.2 Å². The monoisotopic (exact) mass is 517 g/mol. The number of rotatable bonds is 6. The number of carbonyl (C=O) groups is 2. The zero-order valence-electron chi connectivity index (χ0n) is 21.4. The van der Waals surface area contributed by atoms with Gasteiger partial charge in [-0.25, -0.2) is 0 Å². The van der Waals surface area contributed by atoms with E-state index in [4.69, 9.17) is 23.7 Å². The second kappa shape index (κ2) is 10.0. The van der Waals surface area contributed by atoms with Gasteiger partial charge in [0.05, 0.1) is 32.9 Å². The van der Waals surface area contributed by atoms with E-state index in [9.17, 15) is 14.7 Å². The lowest BCUT2D eigenvalue weighted by Gasteiger charge is -2.28. The Morgan fingerprint density at radius 2 is 1.55 bits per heavy atom. The third-order valence-electron chi connectivity index (χ3n) is 6.64. The van der Waals surface area contributed by atoms with Crippen molar-refractivity contribution in [3.05, 3.63) is 76.9 Å². The number of ketones is 1. The number of anilines is 1. The van der Waals surface area contributed by atoms with Crippen molar-refractivity contribution in [3.63, 3.8) is 0 Å². The number of methoxy groups -OCH3 is 3. The van der Waals surface area contributed by atoms with Gasteiger partial charge >= 0.3 is 0 Å². The van der Waals surface area contributed by atoms with E-state index < -0.39 is 17.7 Å². The third kappa shape index (κ3) is 4.06. The Hall–Kier alpha value is -4.66. The van der Waals surface area contributed by atoms with E-state index in [2.05, 4.69) is 0 Å². The topological polar surface area (TPSA) is 104 Å². The second-order valence-corrected chi connectivity index (χ2v) is 8.77. The first-order chi connectivity index (χ1) is 18.4. The zero-order chi connectivity index (χ0) is 27.0. The van der Waals surface area contributed by atoms with E-state index in [0.717, 1.165) is 5.56 Å². The molecule has 196 valence electrons. The van der Waals surface area contributed by atoms with Crippen LogP contribution in [0.3, 0.4) is 0 Å². The molecule has 5 rings (SSSR count). The Labute approximate surface area is 219 Å². The molecule has 3 aromatic carbocycles. The quantitative estimate of drug-likeness (QED) is 0.291. The smallest absolute Gasteiger partial charge is 0.300 e. The molecule has 0 aliphatic carbocycles. The Morgan fingerprint density at radius 3 is 2.18 bits per heavy atom. The highest BCUT2D eigenvalue weighted by atomic mass is 16.6. The zero-order valence-corrected chi connectivity index (χ0v) is 21.4. The number of aliphatic hydroxyl groups excluding tert-OH is 1. The normalized spacial score (nSPS) is 17.9. The Kier molecular flexibility index (Phi) is 6.59. The summed E-state index contributed by atoms with van der Waals surface area (Å²) in [5.74, 6) is 0.102. The van der Waals surface area contributed by atoms with E-state index in [1.807, 2.05) is 19.1 Å². The van der Waals surface area contributed by atoms with E-state index in [0.29, 0.717) is 58.8 Å². The van der Waals surface area contributed by atoms with Crippen molar-refractivity contribution in [2.45, 2.75) is 13.0 Å². The average molecular weight is 518 g/mol. The molecule has 0 aromatic heterocycles. The van der Waals surface area contributed by atoms with Crippen LogP contribution in [0.5, 0.6) is 28.7 Å². The highest BCUT2D eigenvalue weighted by molar-refractivity contribution is 6.51. The van der Waals surface area contributed by atoms with Crippen molar-refractivity contribution in [2.75, 3.05) is 39.4 Å². The van der Waals surface area contributed by atoms with E-state index in [-0.39, 0.29) is 11.3 Å². The summed E-state index contributed by atoms with van der Waals surface area (Å²) in [4.78, 5) is 28.5. The predicted molar refractivity (Wildman–Crippen MR) is 139 cm³/mol. The van der Waals surface area contributed by atoms with Crippen LogP contribution in [0, 0.1) is 6.92 Å². The van der Waals surface area contributed by atoms with Crippen molar-refractivity contribution in [1.29, 1.82) is 0 Å². The van der Waals surface area contributed by atoms with Crippen LogP contribution >= 0.6 is 0 Å². The van der Waals surface area contributed by atoms with Crippen LogP contribution in [-0.4, -0.2) is 51.3 Å². The van der Waals surface area contributed by atoms with Gasteiger partial charge < -0.3 is 28.8 Å². The third-order valence-corrected chi connectivity index (χ3v) is 6.64. The molecule has 1 fully saturated rings. The maximum absolute atomic E-state index is 13.6. The van der Waals surface area contributed by atoms with Crippen LogP contribution in [0.1, 0.15) is 22.7 Å². The van der Waals surface area contributed by atoms with E-state index >= 15 is 0 Å². The van der Waals surface area contributed by atoms with Crippen molar-refractivity contribution in [1.82, 2.24) is 0 Å². The number of Topliss-reactive ketones (excluding diaryl/α,β-unsaturated/α-hetero) is 1. The van der Waals surface area contributed by atoms with Crippen LogP contribution in [0.2, 0.25) is 0 Å². The molecule has 1 N–H and O–H groups in total. The fourth-order valence-electron chi connectivity index (χ4n) is 4.84. The lowest BCUT2D eigenvalue weighted by atomic mass is 9.94. The molecule has 1 atom stereocenters. The Bertz CT molecular complexity index is 1440. The largest absolute Gasteiger partial charge is 0.507 e. The van der Waals surface area contributed by atoms with Gasteiger partial charge in [0.1, 0.15) is 19.0 Å². The number of benzene rings is 3. The van der Waals surface area contributed by atoms with Crippen molar-refractivity contribution >= 4 is 23.1 Å². The van der Waals surface area contributed by atoms with Crippen LogP contribution in [-0.2, 0) is 9.59 Å². The molecule has 0 saturated carbocycles. The summed E-state index contributed by atoms with van der Waals surface area (Å²) in [6.07, 6.45) is 0. The van der Waals surface area contributed by atoms with Gasteiger partial charge in [-0.2, -0.15) is 0 Å². The molecule has 0 spiro atoms. The number of nitrogens with zero attached hydrogens (tertiary/aromatic N) is 1. The van der Waals surface area contributed by atoms with Crippen LogP contribution in [0.25, 0.3) is 5.76 Å². The van der Waals surface area contributed by atoms with Gasteiger partial charge in [0, 0.05) is 11.3 Å². The molecule has 0 radical (unpaired) electrons. The Balaban J connectivity index is 1.76. The molecule has 38 heavy (non-hydrogen) atoms. The first-order valence-electron chi connectivity index (χ1n) is 12.0. The number of fused-ring (bicyclic) bond motifs is 1. The fraction of sp³-hybridized carbons (Fsp3) is 0.241. The summed E-state index contributed by atoms with van der Waals surface area (Å²) in [6, 6.07) is 14.5. The lowest BCUT2D eigenvalue weighted by molar-refractivity contribution is -0.132. The summed E-state index contributed by atoms with van der Waals surface area (Å²) in [6.45, 7) is 2.63. The second-order valence-electron chi connectivity index (χ2n) is 8.77. The molecule has 2 heterocycles. The molecular weight excluding hydrogens is 490 g/mol. The summed E-state index contributed by atoms with van der Waals surface area (Å²) < 4.78 is 27.8. The molecule has 1 amide bonds. The standard InChI is InChI=1S/C29H27NO8/c1-16-7-5-6-8-19(16)30-25(18-14-22(34-2)28(36-4)23(15-18)35-3)24(27(32)29(30)33)26(31)17-9-10-20-21(13-17)38-12-11-37-20/h5-10,13-15,25,31H,11-12H2,1-4H3/b26-24+. The van der Waals surface area contributed by atoms with Crippen LogP contribution in [0.4, 0.5) is 5.69 Å². The first kappa shape index (κ1) is 25.0. The molecule has 2 aliphatic rings. The van der Waals surface area contributed by atoms with Gasteiger partial charge in [-0.15, -0.1) is 0 Å². The number of hydrogen-bond donors (Lipinski definition) is 1. The number of carbonyl (C=O) groups excluding carboxylic acids is 2. The first-order valence-corrected chi connectivity index (χ1v) is 12.0. The van der Waals surface area contributed by atoms with Crippen molar-refractivity contribution in [3.8, 4) is 28.7 Å². The van der Waals surface area contributed by atoms with Gasteiger partial charge in [0.25, 0.3) is 11.7 Å². The minimum atomic E-state index is -0.988. The van der Waals surface area contributed by atoms with Gasteiger partial charge in [-0.05, 0) is 54.4 Å². The lowest BCUT2D eigenvalue weighted by Crippen LogP contribution is -2.30. The molecule has 0 bridgehead atoms. The molecule has 9 nitrogen and oxygen atoms in total. The maximum Gasteiger partial charge on any atom is 0.300 e. The Morgan fingerprint density at radius 1 is 0.895 bits per heavy atom.